The summed E-state index contributed by atoms with van der Waals surface area (Å²) in [4.78, 5) is 34.8. The first kappa shape index (κ1) is 20.7. The lowest BCUT2D eigenvalue weighted by Gasteiger charge is -2.16. The first-order chi connectivity index (χ1) is 11.7. The van der Waals surface area contributed by atoms with Gasteiger partial charge in [0.1, 0.15) is 6.04 Å². The standard InChI is InChI=1S/C19H28N2O4/c1-12(2)9-16(19(24)25)21-18(23)11-20-17(22)8-7-15-6-5-13(3)10-14(15)4/h5-6,10,12,16H,7-9,11H2,1-4H3,(H,20,22)(H,21,23)(H,24,25)/t16-/m0/s1. The molecule has 0 fully saturated rings. The van der Waals surface area contributed by atoms with Crippen molar-refractivity contribution in [1.29, 1.82) is 0 Å². The van der Waals surface area contributed by atoms with Gasteiger partial charge in [-0.25, -0.2) is 4.79 Å². The van der Waals surface area contributed by atoms with Crippen LogP contribution in [0.15, 0.2) is 18.2 Å². The minimum atomic E-state index is -1.07. The quantitative estimate of drug-likeness (QED) is 0.636. The largest absolute Gasteiger partial charge is 0.480 e. The second kappa shape index (κ2) is 9.81. The van der Waals surface area contributed by atoms with Gasteiger partial charge < -0.3 is 15.7 Å². The smallest absolute Gasteiger partial charge is 0.326 e. The summed E-state index contributed by atoms with van der Waals surface area (Å²) in [7, 11) is 0. The van der Waals surface area contributed by atoms with Gasteiger partial charge in [-0.2, -0.15) is 0 Å². The Kier molecular flexibility index (Phi) is 8.11. The number of nitrogens with one attached hydrogen (secondary N) is 2. The van der Waals surface area contributed by atoms with E-state index in [-0.39, 0.29) is 24.8 Å². The number of carboxylic acid groups (broad SMARTS) is 1. The molecule has 3 N–H and O–H groups in total. The second-order valence-electron chi connectivity index (χ2n) is 6.79. The van der Waals surface area contributed by atoms with Crippen molar-refractivity contribution in [3.05, 3.63) is 34.9 Å². The maximum atomic E-state index is 11.9. The second-order valence-corrected chi connectivity index (χ2v) is 6.79. The van der Waals surface area contributed by atoms with E-state index in [0.717, 1.165) is 11.1 Å². The third-order valence-corrected chi connectivity index (χ3v) is 3.91. The third kappa shape index (κ3) is 7.83. The van der Waals surface area contributed by atoms with E-state index in [9.17, 15) is 14.4 Å². The van der Waals surface area contributed by atoms with Crippen molar-refractivity contribution in [2.75, 3.05) is 6.54 Å². The zero-order valence-corrected chi connectivity index (χ0v) is 15.4. The molecule has 0 aliphatic heterocycles. The monoisotopic (exact) mass is 348 g/mol. The van der Waals surface area contributed by atoms with Gasteiger partial charge in [-0.1, -0.05) is 37.6 Å². The maximum absolute atomic E-state index is 11.9. The number of carboxylic acids is 1. The van der Waals surface area contributed by atoms with Crippen LogP contribution in [0.5, 0.6) is 0 Å². The predicted molar refractivity (Wildman–Crippen MR) is 96.3 cm³/mol. The van der Waals surface area contributed by atoms with E-state index in [0.29, 0.717) is 12.8 Å². The van der Waals surface area contributed by atoms with Crippen molar-refractivity contribution >= 4 is 17.8 Å². The van der Waals surface area contributed by atoms with Gasteiger partial charge in [0.05, 0.1) is 6.54 Å². The lowest BCUT2D eigenvalue weighted by molar-refractivity contribution is -0.142. The number of benzene rings is 1. The molecule has 2 amide bonds. The maximum Gasteiger partial charge on any atom is 0.326 e. The number of amides is 2. The highest BCUT2D eigenvalue weighted by molar-refractivity contribution is 5.87. The molecule has 1 rings (SSSR count). The molecular weight excluding hydrogens is 320 g/mol. The Bertz CT molecular complexity index is 626. The summed E-state index contributed by atoms with van der Waals surface area (Å²) in [5.74, 6) is -1.64. The Balaban J connectivity index is 2.39. The SMILES string of the molecule is Cc1ccc(CCC(=O)NCC(=O)N[C@@H](CC(C)C)C(=O)O)c(C)c1. The number of aryl methyl sites for hydroxylation is 3. The molecule has 0 unspecified atom stereocenters. The molecular formula is C19H28N2O4. The van der Waals surface area contributed by atoms with Crippen LogP contribution in [0.3, 0.4) is 0 Å². The van der Waals surface area contributed by atoms with E-state index in [1.807, 2.05) is 39.8 Å². The Morgan fingerprint density at radius 2 is 1.80 bits per heavy atom. The molecule has 0 saturated carbocycles. The van der Waals surface area contributed by atoms with Gasteiger partial charge in [0, 0.05) is 6.42 Å². The molecule has 0 aromatic heterocycles. The van der Waals surface area contributed by atoms with Crippen molar-refractivity contribution in [3.8, 4) is 0 Å². The van der Waals surface area contributed by atoms with Crippen molar-refractivity contribution in [2.45, 2.75) is 53.0 Å². The van der Waals surface area contributed by atoms with Crippen molar-refractivity contribution in [1.82, 2.24) is 10.6 Å². The van der Waals surface area contributed by atoms with E-state index >= 15 is 0 Å². The molecule has 1 aromatic carbocycles. The Morgan fingerprint density at radius 1 is 1.12 bits per heavy atom. The first-order valence-electron chi connectivity index (χ1n) is 8.54. The van der Waals surface area contributed by atoms with Crippen LogP contribution in [0.1, 0.15) is 43.4 Å². The summed E-state index contributed by atoms with van der Waals surface area (Å²) in [5, 5.41) is 14.1. The van der Waals surface area contributed by atoms with Gasteiger partial charge in [0.25, 0.3) is 0 Å². The molecule has 0 aliphatic rings. The number of rotatable bonds is 9. The highest BCUT2D eigenvalue weighted by Crippen LogP contribution is 2.12. The van der Waals surface area contributed by atoms with Gasteiger partial charge in [0.2, 0.25) is 11.8 Å². The highest BCUT2D eigenvalue weighted by Gasteiger charge is 2.21. The lowest BCUT2D eigenvalue weighted by atomic mass is 10.0. The fourth-order valence-corrected chi connectivity index (χ4v) is 2.58. The van der Waals surface area contributed by atoms with Crippen LogP contribution in [0.2, 0.25) is 0 Å². The molecule has 25 heavy (non-hydrogen) atoms. The summed E-state index contributed by atoms with van der Waals surface area (Å²) in [6.45, 7) is 7.59. The van der Waals surface area contributed by atoms with E-state index in [2.05, 4.69) is 16.7 Å². The van der Waals surface area contributed by atoms with Crippen LogP contribution in [0.4, 0.5) is 0 Å². The minimum absolute atomic E-state index is 0.147. The molecule has 0 bridgehead atoms. The lowest BCUT2D eigenvalue weighted by Crippen LogP contribution is -2.46. The number of hydrogen-bond acceptors (Lipinski definition) is 3. The Hall–Kier alpha value is -2.37. The molecule has 6 heteroatoms. The van der Waals surface area contributed by atoms with Crippen molar-refractivity contribution in [3.63, 3.8) is 0 Å². The normalized spacial score (nSPS) is 11.9. The van der Waals surface area contributed by atoms with E-state index in [1.165, 1.54) is 5.56 Å². The summed E-state index contributed by atoms with van der Waals surface area (Å²) in [6.07, 6.45) is 1.23. The Labute approximate surface area is 149 Å². The van der Waals surface area contributed by atoms with Crippen molar-refractivity contribution < 1.29 is 19.5 Å². The zero-order chi connectivity index (χ0) is 19.0. The van der Waals surface area contributed by atoms with Crippen LogP contribution < -0.4 is 10.6 Å². The molecule has 6 nitrogen and oxygen atoms in total. The van der Waals surface area contributed by atoms with Gasteiger partial charge >= 0.3 is 5.97 Å². The fraction of sp³-hybridized carbons (Fsp3) is 0.526. The van der Waals surface area contributed by atoms with Gasteiger partial charge in [-0.3, -0.25) is 9.59 Å². The number of hydrogen-bond donors (Lipinski definition) is 3. The molecule has 138 valence electrons. The van der Waals surface area contributed by atoms with E-state index in [1.54, 1.807) is 0 Å². The average Bonchev–Trinajstić information content (AvgIpc) is 2.51. The van der Waals surface area contributed by atoms with Gasteiger partial charge in [-0.05, 0) is 43.7 Å². The average molecular weight is 348 g/mol. The fourth-order valence-electron chi connectivity index (χ4n) is 2.58. The van der Waals surface area contributed by atoms with Crippen LogP contribution >= 0.6 is 0 Å². The number of aliphatic carboxylic acids is 1. The summed E-state index contributed by atoms with van der Waals surface area (Å²) < 4.78 is 0. The molecule has 0 aliphatic carbocycles. The molecule has 1 aromatic rings. The van der Waals surface area contributed by atoms with Crippen LogP contribution in [-0.4, -0.2) is 35.5 Å². The number of carbonyl (C=O) groups excluding carboxylic acids is 2. The van der Waals surface area contributed by atoms with Crippen molar-refractivity contribution in [2.24, 2.45) is 5.92 Å². The third-order valence-electron chi connectivity index (χ3n) is 3.91. The van der Waals surface area contributed by atoms with E-state index < -0.39 is 17.9 Å². The molecule has 1 atom stereocenters. The minimum Gasteiger partial charge on any atom is -0.480 e. The zero-order valence-electron chi connectivity index (χ0n) is 15.4. The Morgan fingerprint density at radius 3 is 2.36 bits per heavy atom. The number of carbonyl (C=O) groups is 3. The summed E-state index contributed by atoms with van der Waals surface area (Å²) in [5.41, 5.74) is 3.42. The molecule has 0 saturated heterocycles. The summed E-state index contributed by atoms with van der Waals surface area (Å²) >= 11 is 0. The topological polar surface area (TPSA) is 95.5 Å². The first-order valence-corrected chi connectivity index (χ1v) is 8.54. The van der Waals surface area contributed by atoms with Gasteiger partial charge in [-0.15, -0.1) is 0 Å². The van der Waals surface area contributed by atoms with Gasteiger partial charge in [0.15, 0.2) is 0 Å². The molecule has 0 heterocycles. The molecule has 0 radical (unpaired) electrons. The highest BCUT2D eigenvalue weighted by atomic mass is 16.4. The van der Waals surface area contributed by atoms with Crippen LogP contribution in [-0.2, 0) is 20.8 Å². The predicted octanol–water partition coefficient (Wildman–Crippen LogP) is 1.97. The summed E-state index contributed by atoms with van der Waals surface area (Å²) in [6, 6.07) is 5.16. The van der Waals surface area contributed by atoms with Crippen LogP contribution in [0, 0.1) is 19.8 Å². The van der Waals surface area contributed by atoms with Crippen LogP contribution in [0.25, 0.3) is 0 Å². The molecule has 0 spiro atoms. The van der Waals surface area contributed by atoms with E-state index in [4.69, 9.17) is 5.11 Å².